The van der Waals surface area contributed by atoms with Crippen molar-refractivity contribution in [2.45, 2.75) is 26.3 Å². The highest BCUT2D eigenvalue weighted by Gasteiger charge is 2.04. The summed E-state index contributed by atoms with van der Waals surface area (Å²) in [7, 11) is 0. The van der Waals surface area contributed by atoms with Gasteiger partial charge in [-0.2, -0.15) is 0 Å². The van der Waals surface area contributed by atoms with Crippen molar-refractivity contribution in [3.05, 3.63) is 33.8 Å². The molecule has 0 fully saturated rings. The largest absolute Gasteiger partial charge is 0.396 e. The van der Waals surface area contributed by atoms with Gasteiger partial charge in [-0.1, -0.05) is 36.2 Å². The van der Waals surface area contributed by atoms with E-state index in [1.165, 1.54) is 0 Å². The summed E-state index contributed by atoms with van der Waals surface area (Å²) in [6.45, 7) is 3.90. The molecule has 1 unspecified atom stereocenters. The summed E-state index contributed by atoms with van der Waals surface area (Å²) in [5.74, 6) is 0.376. The molecule has 0 heterocycles. The number of rotatable bonds is 7. The third-order valence-electron chi connectivity index (χ3n) is 2.73. The van der Waals surface area contributed by atoms with Crippen molar-refractivity contribution in [1.82, 2.24) is 5.32 Å². The van der Waals surface area contributed by atoms with Crippen molar-refractivity contribution < 1.29 is 5.11 Å². The molecule has 0 saturated carbocycles. The van der Waals surface area contributed by atoms with Gasteiger partial charge in [-0.05, 0) is 37.4 Å². The zero-order valence-electron chi connectivity index (χ0n) is 10.0. The van der Waals surface area contributed by atoms with Gasteiger partial charge in [0.15, 0.2) is 0 Å². The molecule has 1 aromatic carbocycles. The molecule has 0 saturated heterocycles. The van der Waals surface area contributed by atoms with Gasteiger partial charge < -0.3 is 10.4 Å². The van der Waals surface area contributed by atoms with E-state index in [4.69, 9.17) is 28.3 Å². The predicted molar refractivity (Wildman–Crippen MR) is 73.7 cm³/mol. The van der Waals surface area contributed by atoms with Gasteiger partial charge >= 0.3 is 0 Å². The number of benzene rings is 1. The van der Waals surface area contributed by atoms with E-state index in [0.29, 0.717) is 22.5 Å². The minimum atomic E-state index is 0.260. The van der Waals surface area contributed by atoms with E-state index < -0.39 is 0 Å². The van der Waals surface area contributed by atoms with Crippen LogP contribution in [0.15, 0.2) is 18.2 Å². The van der Waals surface area contributed by atoms with E-state index in [2.05, 4.69) is 5.32 Å². The second kappa shape index (κ2) is 7.93. The molecule has 0 bridgehead atoms. The number of halogens is 2. The molecule has 2 nitrogen and oxygen atoms in total. The van der Waals surface area contributed by atoms with Crippen LogP contribution in [-0.4, -0.2) is 18.3 Å². The van der Waals surface area contributed by atoms with Crippen LogP contribution in [0.4, 0.5) is 0 Å². The lowest BCUT2D eigenvalue weighted by atomic mass is 10.1. The van der Waals surface area contributed by atoms with Gasteiger partial charge in [-0.25, -0.2) is 0 Å². The highest BCUT2D eigenvalue weighted by Crippen LogP contribution is 2.23. The van der Waals surface area contributed by atoms with Crippen LogP contribution in [0, 0.1) is 5.92 Å². The van der Waals surface area contributed by atoms with Crippen molar-refractivity contribution in [1.29, 1.82) is 0 Å². The second-order valence-corrected chi connectivity index (χ2v) is 5.12. The van der Waals surface area contributed by atoms with Gasteiger partial charge in [0.25, 0.3) is 0 Å². The Hall–Kier alpha value is -0.280. The lowest BCUT2D eigenvalue weighted by Gasteiger charge is -2.10. The van der Waals surface area contributed by atoms with Gasteiger partial charge in [0.1, 0.15) is 0 Å². The standard InChI is InChI=1S/C13H19Cl2NO/c1-10(9-17)4-3-7-16-8-11-12(14)5-2-6-13(11)15/h2,5-6,10,16-17H,3-4,7-9H2,1H3. The van der Waals surface area contributed by atoms with Crippen molar-refractivity contribution in [2.24, 2.45) is 5.92 Å². The van der Waals surface area contributed by atoms with Crippen molar-refractivity contribution in [3.63, 3.8) is 0 Å². The monoisotopic (exact) mass is 275 g/mol. The Kier molecular flexibility index (Phi) is 6.90. The van der Waals surface area contributed by atoms with Gasteiger partial charge in [0.05, 0.1) is 0 Å². The quantitative estimate of drug-likeness (QED) is 0.747. The van der Waals surface area contributed by atoms with Crippen LogP contribution in [0.2, 0.25) is 10.0 Å². The van der Waals surface area contributed by atoms with Crippen LogP contribution in [0.1, 0.15) is 25.3 Å². The first-order chi connectivity index (χ1) is 8.15. The highest BCUT2D eigenvalue weighted by atomic mass is 35.5. The minimum absolute atomic E-state index is 0.260. The first kappa shape index (κ1) is 14.8. The number of aliphatic hydroxyl groups excluding tert-OH is 1. The first-order valence-corrected chi connectivity index (χ1v) is 6.65. The smallest absolute Gasteiger partial charge is 0.0465 e. The molecule has 1 aromatic rings. The summed E-state index contributed by atoms with van der Waals surface area (Å²) < 4.78 is 0. The van der Waals surface area contributed by atoms with Crippen molar-refractivity contribution in [3.8, 4) is 0 Å². The third-order valence-corrected chi connectivity index (χ3v) is 3.43. The van der Waals surface area contributed by atoms with E-state index in [0.717, 1.165) is 24.9 Å². The molecule has 0 aromatic heterocycles. The second-order valence-electron chi connectivity index (χ2n) is 4.31. The van der Waals surface area contributed by atoms with Gasteiger partial charge in [0, 0.05) is 28.8 Å². The molecule has 4 heteroatoms. The van der Waals surface area contributed by atoms with Crippen molar-refractivity contribution >= 4 is 23.2 Å². The van der Waals surface area contributed by atoms with Gasteiger partial charge in [0.2, 0.25) is 0 Å². The molecule has 0 radical (unpaired) electrons. The average Bonchev–Trinajstić information content (AvgIpc) is 2.31. The highest BCUT2D eigenvalue weighted by molar-refractivity contribution is 6.35. The van der Waals surface area contributed by atoms with Crippen LogP contribution >= 0.6 is 23.2 Å². The molecular weight excluding hydrogens is 257 g/mol. The number of aliphatic hydroxyl groups is 1. The Balaban J connectivity index is 2.27. The SMILES string of the molecule is CC(CO)CCCNCc1c(Cl)cccc1Cl. The number of hydrogen-bond acceptors (Lipinski definition) is 2. The maximum atomic E-state index is 8.89. The summed E-state index contributed by atoms with van der Waals surface area (Å²) in [4.78, 5) is 0. The maximum Gasteiger partial charge on any atom is 0.0465 e. The van der Waals surface area contributed by atoms with E-state index in [9.17, 15) is 0 Å². The molecule has 1 rings (SSSR count). The van der Waals surface area contributed by atoms with Gasteiger partial charge in [-0.15, -0.1) is 0 Å². The third kappa shape index (κ3) is 5.26. The lowest BCUT2D eigenvalue weighted by molar-refractivity contribution is 0.228. The Bertz CT molecular complexity index is 324. The molecule has 0 amide bonds. The van der Waals surface area contributed by atoms with E-state index in [1.54, 1.807) is 0 Å². The molecule has 0 spiro atoms. The van der Waals surface area contributed by atoms with Crippen LogP contribution in [-0.2, 0) is 6.54 Å². The lowest BCUT2D eigenvalue weighted by Crippen LogP contribution is -2.16. The van der Waals surface area contributed by atoms with E-state index >= 15 is 0 Å². The Morgan fingerprint density at radius 3 is 2.53 bits per heavy atom. The van der Waals surface area contributed by atoms with Crippen LogP contribution in [0.25, 0.3) is 0 Å². The topological polar surface area (TPSA) is 32.3 Å². The summed E-state index contributed by atoms with van der Waals surface area (Å²) in [6, 6.07) is 5.54. The summed E-state index contributed by atoms with van der Waals surface area (Å²) in [5.41, 5.74) is 0.950. The fourth-order valence-corrected chi connectivity index (χ4v) is 2.11. The Morgan fingerprint density at radius 2 is 1.94 bits per heavy atom. The first-order valence-electron chi connectivity index (χ1n) is 5.89. The predicted octanol–water partition coefficient (Wildman–Crippen LogP) is 3.49. The average molecular weight is 276 g/mol. The molecule has 0 aliphatic heterocycles. The minimum Gasteiger partial charge on any atom is -0.396 e. The van der Waals surface area contributed by atoms with Crippen LogP contribution in [0.5, 0.6) is 0 Å². The van der Waals surface area contributed by atoms with Crippen molar-refractivity contribution in [2.75, 3.05) is 13.2 Å². The van der Waals surface area contributed by atoms with Crippen LogP contribution < -0.4 is 5.32 Å². The fraction of sp³-hybridized carbons (Fsp3) is 0.538. The van der Waals surface area contributed by atoms with Crippen LogP contribution in [0.3, 0.4) is 0 Å². The Labute approximate surface area is 113 Å². The summed E-state index contributed by atoms with van der Waals surface area (Å²) in [5, 5.41) is 13.6. The normalized spacial score (nSPS) is 12.7. The molecule has 1 atom stereocenters. The molecular formula is C13H19Cl2NO. The summed E-state index contributed by atoms with van der Waals surface area (Å²) in [6.07, 6.45) is 2.07. The Morgan fingerprint density at radius 1 is 1.29 bits per heavy atom. The van der Waals surface area contributed by atoms with Gasteiger partial charge in [-0.3, -0.25) is 0 Å². The fourth-order valence-electron chi connectivity index (χ4n) is 1.58. The molecule has 96 valence electrons. The zero-order valence-corrected chi connectivity index (χ0v) is 11.6. The maximum absolute atomic E-state index is 8.89. The molecule has 0 aliphatic carbocycles. The number of nitrogens with one attached hydrogen (secondary N) is 1. The zero-order chi connectivity index (χ0) is 12.7. The summed E-state index contributed by atoms with van der Waals surface area (Å²) >= 11 is 12.1. The van der Waals surface area contributed by atoms with E-state index in [-0.39, 0.29) is 6.61 Å². The number of hydrogen-bond donors (Lipinski definition) is 2. The molecule has 2 N–H and O–H groups in total. The van der Waals surface area contributed by atoms with E-state index in [1.807, 2.05) is 25.1 Å². The molecule has 0 aliphatic rings. The molecule has 17 heavy (non-hydrogen) atoms.